The van der Waals surface area contributed by atoms with Gasteiger partial charge in [0.2, 0.25) is 0 Å². The highest BCUT2D eigenvalue weighted by Gasteiger charge is 2.26. The van der Waals surface area contributed by atoms with E-state index >= 15 is 0 Å². The summed E-state index contributed by atoms with van der Waals surface area (Å²) in [6.45, 7) is 0.747. The van der Waals surface area contributed by atoms with E-state index < -0.39 is 7.82 Å². The van der Waals surface area contributed by atoms with E-state index in [1.807, 2.05) is 0 Å². The van der Waals surface area contributed by atoms with Crippen molar-refractivity contribution in [2.75, 3.05) is 13.2 Å². The summed E-state index contributed by atoms with van der Waals surface area (Å²) >= 11 is 0. The van der Waals surface area contributed by atoms with E-state index in [4.69, 9.17) is 9.05 Å². The van der Waals surface area contributed by atoms with Crippen molar-refractivity contribution >= 4 is 7.82 Å². The molecule has 2 saturated carbocycles. The summed E-state index contributed by atoms with van der Waals surface area (Å²) in [5.74, 6) is 0.875. The Bertz CT molecular complexity index is 270. The van der Waals surface area contributed by atoms with Gasteiger partial charge in [0.1, 0.15) is 0 Å². The zero-order valence-corrected chi connectivity index (χ0v) is 12.7. The zero-order chi connectivity index (χ0) is 13.6. The van der Waals surface area contributed by atoms with Gasteiger partial charge in [0, 0.05) is 0 Å². The van der Waals surface area contributed by atoms with Crippen molar-refractivity contribution in [3.05, 3.63) is 0 Å². The number of hydrogen-bond donors (Lipinski definition) is 1. The lowest BCUT2D eigenvalue weighted by molar-refractivity contribution is 0.101. The fraction of sp³-hybridized carbons (Fsp3) is 1.00. The molecule has 0 aromatic rings. The average molecular weight is 290 g/mol. The Morgan fingerprint density at radius 1 is 0.789 bits per heavy atom. The summed E-state index contributed by atoms with van der Waals surface area (Å²) < 4.78 is 22.1. The second-order valence-electron chi connectivity index (χ2n) is 6.07. The highest BCUT2D eigenvalue weighted by Crippen LogP contribution is 2.45. The Labute approximate surface area is 116 Å². The molecule has 4 nitrogen and oxygen atoms in total. The number of hydrogen-bond acceptors (Lipinski definition) is 3. The van der Waals surface area contributed by atoms with Crippen LogP contribution in [-0.2, 0) is 13.6 Å². The van der Waals surface area contributed by atoms with Crippen LogP contribution < -0.4 is 0 Å². The zero-order valence-electron chi connectivity index (χ0n) is 11.8. The first-order valence-corrected chi connectivity index (χ1v) is 9.27. The second-order valence-corrected chi connectivity index (χ2v) is 7.52. The monoisotopic (exact) mass is 290 g/mol. The van der Waals surface area contributed by atoms with Crippen LogP contribution in [0.1, 0.15) is 64.2 Å². The molecule has 19 heavy (non-hydrogen) atoms. The van der Waals surface area contributed by atoms with E-state index in [9.17, 15) is 9.46 Å². The third kappa shape index (κ3) is 5.95. The van der Waals surface area contributed by atoms with Crippen LogP contribution >= 0.6 is 7.82 Å². The standard InChI is InChI=1S/C14H27O4P/c15-19(16,17-11-13-7-3-1-4-8-13)18-12-14-9-5-2-6-10-14/h13-14H,1-12H2,(H,15,16). The molecular formula is C14H27O4P. The third-order valence-electron chi connectivity index (χ3n) is 4.40. The quantitative estimate of drug-likeness (QED) is 0.742. The molecule has 2 aliphatic rings. The molecule has 0 bridgehead atoms. The van der Waals surface area contributed by atoms with Crippen LogP contribution in [0, 0.1) is 11.8 Å². The number of phosphoric ester groups is 1. The van der Waals surface area contributed by atoms with Gasteiger partial charge in [0.15, 0.2) is 0 Å². The van der Waals surface area contributed by atoms with E-state index in [0.717, 1.165) is 25.7 Å². The Kier molecular flexibility index (Phi) is 6.34. The van der Waals surface area contributed by atoms with Gasteiger partial charge in [-0.25, -0.2) is 4.57 Å². The molecule has 0 spiro atoms. The molecule has 0 unspecified atom stereocenters. The van der Waals surface area contributed by atoms with Crippen LogP contribution in [0.4, 0.5) is 0 Å². The third-order valence-corrected chi connectivity index (χ3v) is 5.35. The Balaban J connectivity index is 1.64. The molecule has 0 aromatic carbocycles. The van der Waals surface area contributed by atoms with E-state index in [2.05, 4.69) is 0 Å². The smallest absolute Gasteiger partial charge is 0.302 e. The molecule has 1 N–H and O–H groups in total. The van der Waals surface area contributed by atoms with Crippen molar-refractivity contribution in [3.63, 3.8) is 0 Å². The van der Waals surface area contributed by atoms with Crippen molar-refractivity contribution in [1.29, 1.82) is 0 Å². The SMILES string of the molecule is O=P(O)(OCC1CCCCC1)OCC1CCCCC1. The van der Waals surface area contributed by atoms with Crippen molar-refractivity contribution in [2.24, 2.45) is 11.8 Å². The first kappa shape index (κ1) is 15.5. The lowest BCUT2D eigenvalue weighted by Crippen LogP contribution is -2.15. The second kappa shape index (κ2) is 7.78. The van der Waals surface area contributed by atoms with Gasteiger partial charge in [-0.15, -0.1) is 0 Å². The van der Waals surface area contributed by atoms with Crippen molar-refractivity contribution in [1.82, 2.24) is 0 Å². The van der Waals surface area contributed by atoms with Crippen LogP contribution in [0.25, 0.3) is 0 Å². The summed E-state index contributed by atoms with van der Waals surface area (Å²) in [5, 5.41) is 0. The molecule has 2 fully saturated rings. The van der Waals surface area contributed by atoms with Crippen LogP contribution in [0.3, 0.4) is 0 Å². The predicted molar refractivity (Wildman–Crippen MR) is 74.9 cm³/mol. The summed E-state index contributed by atoms with van der Waals surface area (Å²) in [5.41, 5.74) is 0. The molecular weight excluding hydrogens is 263 g/mol. The van der Waals surface area contributed by atoms with Gasteiger partial charge in [0.05, 0.1) is 13.2 Å². The molecule has 0 aromatic heterocycles. The molecule has 0 saturated heterocycles. The van der Waals surface area contributed by atoms with Crippen molar-refractivity contribution in [2.45, 2.75) is 64.2 Å². The van der Waals surface area contributed by atoms with Gasteiger partial charge in [-0.2, -0.15) is 0 Å². The van der Waals surface area contributed by atoms with Crippen LogP contribution in [0.5, 0.6) is 0 Å². The first-order chi connectivity index (χ1) is 9.16. The molecule has 5 heteroatoms. The molecule has 0 atom stereocenters. The van der Waals surface area contributed by atoms with Crippen LogP contribution in [-0.4, -0.2) is 18.1 Å². The average Bonchev–Trinajstić information content (AvgIpc) is 2.46. The normalized spacial score (nSPS) is 23.6. The fourth-order valence-corrected chi connectivity index (χ4v) is 4.02. The Morgan fingerprint density at radius 3 is 1.53 bits per heavy atom. The highest BCUT2D eigenvalue weighted by atomic mass is 31.2. The largest absolute Gasteiger partial charge is 0.472 e. The minimum atomic E-state index is -3.83. The molecule has 0 radical (unpaired) electrons. The lowest BCUT2D eigenvalue weighted by atomic mass is 9.90. The molecule has 0 amide bonds. The Morgan fingerprint density at radius 2 is 1.16 bits per heavy atom. The molecule has 0 heterocycles. The summed E-state index contributed by atoms with van der Waals surface area (Å²) in [7, 11) is -3.83. The topological polar surface area (TPSA) is 55.8 Å². The van der Waals surface area contributed by atoms with E-state index in [-0.39, 0.29) is 0 Å². The maximum absolute atomic E-state index is 11.8. The van der Waals surface area contributed by atoms with Gasteiger partial charge in [-0.3, -0.25) is 9.05 Å². The molecule has 2 rings (SSSR count). The van der Waals surface area contributed by atoms with Gasteiger partial charge in [-0.05, 0) is 37.5 Å². The number of phosphoric acid groups is 1. The van der Waals surface area contributed by atoms with E-state index in [1.54, 1.807) is 0 Å². The minimum Gasteiger partial charge on any atom is -0.302 e. The highest BCUT2D eigenvalue weighted by molar-refractivity contribution is 7.47. The van der Waals surface area contributed by atoms with Gasteiger partial charge in [-0.1, -0.05) is 38.5 Å². The van der Waals surface area contributed by atoms with Crippen LogP contribution in [0.2, 0.25) is 0 Å². The molecule has 2 aliphatic carbocycles. The fourth-order valence-electron chi connectivity index (χ4n) is 3.14. The van der Waals surface area contributed by atoms with Gasteiger partial charge < -0.3 is 4.89 Å². The summed E-state index contributed by atoms with van der Waals surface area (Å²) in [6.07, 6.45) is 11.9. The van der Waals surface area contributed by atoms with Crippen LogP contribution in [0.15, 0.2) is 0 Å². The van der Waals surface area contributed by atoms with Gasteiger partial charge in [0.25, 0.3) is 0 Å². The summed E-state index contributed by atoms with van der Waals surface area (Å²) in [6, 6.07) is 0. The Hall–Kier alpha value is 0.110. The number of rotatable bonds is 6. The minimum absolute atomic E-state index is 0.373. The van der Waals surface area contributed by atoms with Crippen molar-refractivity contribution < 1.29 is 18.5 Å². The van der Waals surface area contributed by atoms with E-state index in [0.29, 0.717) is 25.0 Å². The van der Waals surface area contributed by atoms with Gasteiger partial charge >= 0.3 is 7.82 Å². The van der Waals surface area contributed by atoms with E-state index in [1.165, 1.54) is 38.5 Å². The maximum atomic E-state index is 11.8. The first-order valence-electron chi connectivity index (χ1n) is 7.77. The summed E-state index contributed by atoms with van der Waals surface area (Å²) in [4.78, 5) is 9.69. The van der Waals surface area contributed by atoms with Crippen molar-refractivity contribution in [3.8, 4) is 0 Å². The lowest BCUT2D eigenvalue weighted by Gasteiger charge is -2.24. The predicted octanol–water partition coefficient (Wildman–Crippen LogP) is 4.28. The molecule has 112 valence electrons. The molecule has 0 aliphatic heterocycles. The maximum Gasteiger partial charge on any atom is 0.472 e.